The van der Waals surface area contributed by atoms with Crippen LogP contribution < -0.4 is 20.7 Å². The first-order valence-electron chi connectivity index (χ1n) is 15.1. The van der Waals surface area contributed by atoms with Crippen molar-refractivity contribution in [3.8, 4) is 5.75 Å². The van der Waals surface area contributed by atoms with E-state index in [0.717, 1.165) is 5.56 Å². The summed E-state index contributed by atoms with van der Waals surface area (Å²) in [5, 5.41) is 7.96. The normalized spacial score (nSPS) is 13.5. The van der Waals surface area contributed by atoms with Gasteiger partial charge in [0.1, 0.15) is 28.5 Å². The average Bonchev–Trinajstić information content (AvgIpc) is 3.47. The Morgan fingerprint density at radius 3 is 2.15 bits per heavy atom. The van der Waals surface area contributed by atoms with E-state index in [2.05, 4.69) is 20.9 Å². The Hall–Kier alpha value is -4.91. The number of alkyl carbamates (subject to hydrolysis) is 1. The quantitative estimate of drug-likeness (QED) is 0.253. The van der Waals surface area contributed by atoms with Crippen LogP contribution in [0.1, 0.15) is 52.7 Å². The van der Waals surface area contributed by atoms with Crippen molar-refractivity contribution in [3.05, 3.63) is 78.2 Å². The summed E-state index contributed by atoms with van der Waals surface area (Å²) in [4.78, 5) is 58.7. The number of rotatable bonds is 13. The number of carbonyl (C=O) groups is 4. The minimum absolute atomic E-state index is 0.148. The molecular formula is C34H46N6O7. The lowest BCUT2D eigenvalue weighted by atomic mass is 9.90. The second-order valence-corrected chi connectivity index (χ2v) is 12.9. The fraction of sp³-hybridized carbons (Fsp3) is 0.441. The van der Waals surface area contributed by atoms with Gasteiger partial charge in [0.05, 0.1) is 26.7 Å². The number of imidazole rings is 1. The molecule has 13 nitrogen and oxygen atoms in total. The van der Waals surface area contributed by atoms with Gasteiger partial charge in [0, 0.05) is 20.3 Å². The van der Waals surface area contributed by atoms with E-state index < -0.39 is 40.6 Å². The topological polar surface area (TPSA) is 153 Å². The highest BCUT2D eigenvalue weighted by atomic mass is 16.6. The van der Waals surface area contributed by atoms with E-state index in [1.165, 1.54) is 25.1 Å². The Balaban J connectivity index is 1.84. The van der Waals surface area contributed by atoms with Gasteiger partial charge in [0.2, 0.25) is 5.91 Å². The zero-order chi connectivity index (χ0) is 35.0. The summed E-state index contributed by atoms with van der Waals surface area (Å²) in [6, 6.07) is 15.3. The summed E-state index contributed by atoms with van der Waals surface area (Å²) in [5.41, 5.74) is -1.86. The number of hydrogen-bond acceptors (Lipinski definition) is 8. The molecule has 0 radical (unpaired) electrons. The summed E-state index contributed by atoms with van der Waals surface area (Å²) >= 11 is 0. The molecule has 0 aliphatic rings. The highest BCUT2D eigenvalue weighted by Crippen LogP contribution is 2.30. The minimum Gasteiger partial charge on any atom is -0.497 e. The Labute approximate surface area is 276 Å². The Morgan fingerprint density at radius 2 is 1.57 bits per heavy atom. The molecular weight excluding hydrogens is 604 g/mol. The smallest absolute Gasteiger partial charge is 0.408 e. The molecule has 0 spiro atoms. The number of ether oxygens (including phenoxy) is 3. The van der Waals surface area contributed by atoms with Crippen molar-refractivity contribution >= 4 is 29.6 Å². The van der Waals surface area contributed by atoms with Crippen LogP contribution in [-0.2, 0) is 36.0 Å². The third-order valence-corrected chi connectivity index (χ3v) is 7.22. The largest absolute Gasteiger partial charge is 0.497 e. The number of aromatic nitrogens is 2. The van der Waals surface area contributed by atoms with Gasteiger partial charge < -0.3 is 39.6 Å². The van der Waals surface area contributed by atoms with Gasteiger partial charge in [-0.3, -0.25) is 14.4 Å². The first-order valence-corrected chi connectivity index (χ1v) is 15.1. The van der Waals surface area contributed by atoms with Gasteiger partial charge in [-0.05, 0) is 64.8 Å². The van der Waals surface area contributed by atoms with Gasteiger partial charge in [-0.15, -0.1) is 0 Å². The van der Waals surface area contributed by atoms with Crippen LogP contribution in [0.3, 0.4) is 0 Å². The van der Waals surface area contributed by atoms with Crippen LogP contribution in [0.25, 0.3) is 0 Å². The molecule has 1 unspecified atom stereocenters. The van der Waals surface area contributed by atoms with E-state index in [4.69, 9.17) is 14.2 Å². The van der Waals surface area contributed by atoms with Gasteiger partial charge in [0.15, 0.2) is 5.82 Å². The first-order chi connectivity index (χ1) is 22.0. The van der Waals surface area contributed by atoms with E-state index in [-0.39, 0.29) is 24.9 Å². The third-order valence-electron chi connectivity index (χ3n) is 7.22. The maximum absolute atomic E-state index is 13.6. The fourth-order valence-corrected chi connectivity index (χ4v) is 4.59. The predicted molar refractivity (Wildman–Crippen MR) is 177 cm³/mol. The van der Waals surface area contributed by atoms with Crippen LogP contribution in [0.5, 0.6) is 5.75 Å². The number of amides is 4. The Kier molecular flexibility index (Phi) is 11.8. The number of likely N-dealkylation sites (N-methyl/N-ethyl adjacent to an activating group) is 1. The zero-order valence-corrected chi connectivity index (χ0v) is 28.5. The average molecular weight is 651 g/mol. The highest BCUT2D eigenvalue weighted by molar-refractivity contribution is 5.98. The fourth-order valence-electron chi connectivity index (χ4n) is 4.59. The molecule has 0 aliphatic heterocycles. The predicted octanol–water partition coefficient (Wildman–Crippen LogP) is 3.69. The highest BCUT2D eigenvalue weighted by Gasteiger charge is 2.39. The van der Waals surface area contributed by atoms with Gasteiger partial charge >= 0.3 is 6.09 Å². The molecule has 254 valence electrons. The second-order valence-electron chi connectivity index (χ2n) is 12.9. The lowest BCUT2D eigenvalue weighted by molar-refractivity contribution is -0.135. The molecule has 2 aromatic carbocycles. The number of nitrogens with zero attached hydrogens (tertiary/aromatic N) is 3. The van der Waals surface area contributed by atoms with Gasteiger partial charge in [-0.1, -0.05) is 42.5 Å². The van der Waals surface area contributed by atoms with Crippen LogP contribution in [0.2, 0.25) is 0 Å². The van der Waals surface area contributed by atoms with Gasteiger partial charge in [-0.2, -0.15) is 0 Å². The molecule has 1 heterocycles. The molecule has 2 atom stereocenters. The van der Waals surface area contributed by atoms with E-state index in [0.29, 0.717) is 11.3 Å². The van der Waals surface area contributed by atoms with Gasteiger partial charge in [-0.25, -0.2) is 9.78 Å². The lowest BCUT2D eigenvalue weighted by Crippen LogP contribution is -2.59. The summed E-state index contributed by atoms with van der Waals surface area (Å²) < 4.78 is 18.0. The summed E-state index contributed by atoms with van der Waals surface area (Å²) in [7, 11) is 4.88. The Morgan fingerprint density at radius 1 is 0.936 bits per heavy atom. The third kappa shape index (κ3) is 9.79. The molecule has 1 aromatic heterocycles. The molecule has 4 amide bonds. The van der Waals surface area contributed by atoms with Crippen LogP contribution in [-0.4, -0.2) is 83.3 Å². The van der Waals surface area contributed by atoms with Crippen molar-refractivity contribution in [1.29, 1.82) is 0 Å². The maximum atomic E-state index is 13.6. The SMILES string of the molecule is COc1ccc(C(C)(C(=O)N(C)C)n2cnc(NC(=O)[C@H](COCc3ccccc3)NC(=O)C(C)(C)NC(=O)OC(C)(C)C)c2)cc1. The molecule has 3 aromatic rings. The molecule has 3 N–H and O–H groups in total. The van der Waals surface area contributed by atoms with E-state index >= 15 is 0 Å². The van der Waals surface area contributed by atoms with Crippen LogP contribution >= 0.6 is 0 Å². The zero-order valence-electron chi connectivity index (χ0n) is 28.5. The number of nitrogens with one attached hydrogen (secondary N) is 3. The van der Waals surface area contributed by atoms with Crippen LogP contribution in [0.4, 0.5) is 10.6 Å². The number of benzene rings is 2. The van der Waals surface area contributed by atoms with Crippen molar-refractivity contribution in [3.63, 3.8) is 0 Å². The number of carbonyl (C=O) groups excluding carboxylic acids is 4. The molecule has 47 heavy (non-hydrogen) atoms. The molecule has 13 heteroatoms. The minimum atomic E-state index is -1.44. The monoisotopic (exact) mass is 650 g/mol. The molecule has 0 bridgehead atoms. The summed E-state index contributed by atoms with van der Waals surface area (Å²) in [5.74, 6) is -0.693. The van der Waals surface area contributed by atoms with Crippen molar-refractivity contribution in [2.45, 2.75) is 70.9 Å². The summed E-state index contributed by atoms with van der Waals surface area (Å²) in [6.45, 7) is 9.89. The van der Waals surface area contributed by atoms with E-state index in [1.54, 1.807) is 83.9 Å². The summed E-state index contributed by atoms with van der Waals surface area (Å²) in [6.07, 6.45) is 2.22. The molecule has 0 saturated carbocycles. The standard InChI is InChI=1S/C34H46N6O7/c1-32(2,3)47-31(44)38-33(4,5)29(42)36-26(21-46-20-23-13-11-10-12-14-23)28(41)37-27-19-40(22-35-27)34(6,30(43)39(7)8)24-15-17-25(45-9)18-16-24/h10-19,22,26H,20-21H2,1-9H3,(H,36,42)(H,37,41)(H,38,44)/t26-,34?/m0/s1. The number of anilines is 1. The first kappa shape index (κ1) is 36.6. The molecule has 0 fully saturated rings. The number of methoxy groups -OCH3 is 1. The van der Waals surface area contributed by atoms with Crippen molar-refractivity contribution in [1.82, 2.24) is 25.1 Å². The number of hydrogen-bond donors (Lipinski definition) is 3. The second kappa shape index (κ2) is 15.1. The van der Waals surface area contributed by atoms with Crippen molar-refractivity contribution < 1.29 is 33.4 Å². The van der Waals surface area contributed by atoms with Crippen molar-refractivity contribution in [2.24, 2.45) is 0 Å². The van der Waals surface area contributed by atoms with E-state index in [9.17, 15) is 19.2 Å². The molecule has 0 aliphatic carbocycles. The van der Waals surface area contributed by atoms with Crippen LogP contribution in [0, 0.1) is 0 Å². The molecule has 3 rings (SSSR count). The Bertz CT molecular complexity index is 1530. The molecule has 0 saturated heterocycles. The van der Waals surface area contributed by atoms with Gasteiger partial charge in [0.25, 0.3) is 11.8 Å². The lowest BCUT2D eigenvalue weighted by Gasteiger charge is -2.33. The van der Waals surface area contributed by atoms with E-state index in [1.807, 2.05) is 30.3 Å². The van der Waals surface area contributed by atoms with Crippen molar-refractivity contribution in [2.75, 3.05) is 33.1 Å². The maximum Gasteiger partial charge on any atom is 0.408 e. The van der Waals surface area contributed by atoms with Crippen LogP contribution in [0.15, 0.2) is 67.1 Å².